The zero-order valence-electron chi connectivity index (χ0n) is 14.6. The fourth-order valence-corrected chi connectivity index (χ4v) is 2.25. The number of carbonyl (C=O) groups is 1. The molecule has 3 aromatic rings. The van der Waals surface area contributed by atoms with E-state index >= 15 is 0 Å². The summed E-state index contributed by atoms with van der Waals surface area (Å²) in [5, 5.41) is 12.2. The number of esters is 1. The van der Waals surface area contributed by atoms with Crippen molar-refractivity contribution in [2.75, 3.05) is 7.11 Å². The van der Waals surface area contributed by atoms with Crippen LogP contribution in [0.3, 0.4) is 0 Å². The average Bonchev–Trinajstić information content (AvgIpc) is 2.99. The van der Waals surface area contributed by atoms with Crippen LogP contribution in [0.25, 0.3) is 0 Å². The van der Waals surface area contributed by atoms with Gasteiger partial charge in [0.15, 0.2) is 23.1 Å². The van der Waals surface area contributed by atoms with Crippen LogP contribution in [-0.4, -0.2) is 39.2 Å². The second kappa shape index (κ2) is 7.56. The molecule has 0 spiro atoms. The summed E-state index contributed by atoms with van der Waals surface area (Å²) in [5.41, 5.74) is 1.13. The van der Waals surface area contributed by atoms with Gasteiger partial charge in [-0.25, -0.2) is 9.47 Å². The van der Waals surface area contributed by atoms with E-state index in [0.717, 1.165) is 5.56 Å². The van der Waals surface area contributed by atoms with E-state index in [9.17, 15) is 4.79 Å². The Morgan fingerprint density at radius 1 is 1.15 bits per heavy atom. The fourth-order valence-electron chi connectivity index (χ4n) is 2.25. The van der Waals surface area contributed by atoms with Crippen molar-refractivity contribution in [3.05, 3.63) is 65.5 Å². The number of aromatic nitrogens is 4. The molecule has 0 amide bonds. The predicted molar refractivity (Wildman–Crippen MR) is 94.7 cm³/mol. The SMILES string of the molecule is COc1cc(/C=N\n2c(C)nnc2C)ccc1OC(=O)c1cccnc1. The second-order valence-electron chi connectivity index (χ2n) is 5.39. The largest absolute Gasteiger partial charge is 0.493 e. The third-order valence-electron chi connectivity index (χ3n) is 3.56. The summed E-state index contributed by atoms with van der Waals surface area (Å²) in [6, 6.07) is 8.45. The smallest absolute Gasteiger partial charge is 0.345 e. The number of hydrogen-bond acceptors (Lipinski definition) is 7. The van der Waals surface area contributed by atoms with Gasteiger partial charge in [0.25, 0.3) is 0 Å². The minimum Gasteiger partial charge on any atom is -0.493 e. The van der Waals surface area contributed by atoms with Gasteiger partial charge < -0.3 is 9.47 Å². The molecule has 0 aliphatic rings. The monoisotopic (exact) mass is 351 g/mol. The van der Waals surface area contributed by atoms with Crippen molar-refractivity contribution in [2.24, 2.45) is 5.10 Å². The van der Waals surface area contributed by atoms with Crippen LogP contribution in [0.4, 0.5) is 0 Å². The maximum atomic E-state index is 12.2. The number of nitrogens with zero attached hydrogens (tertiary/aromatic N) is 5. The van der Waals surface area contributed by atoms with Crippen molar-refractivity contribution in [2.45, 2.75) is 13.8 Å². The van der Waals surface area contributed by atoms with Gasteiger partial charge in [-0.2, -0.15) is 5.10 Å². The molecule has 2 heterocycles. The number of aryl methyl sites for hydroxylation is 2. The van der Waals surface area contributed by atoms with Gasteiger partial charge in [0, 0.05) is 12.4 Å². The van der Waals surface area contributed by atoms with Gasteiger partial charge in [-0.15, -0.1) is 10.2 Å². The van der Waals surface area contributed by atoms with E-state index < -0.39 is 5.97 Å². The number of benzene rings is 1. The lowest BCUT2D eigenvalue weighted by molar-refractivity contribution is 0.0729. The minimum atomic E-state index is -0.506. The Balaban J connectivity index is 1.81. The molecular formula is C18H17N5O3. The standard InChI is InChI=1S/C18H17N5O3/c1-12-21-22-13(2)23(12)20-10-14-6-7-16(17(9-14)25-3)26-18(24)15-5-4-8-19-11-15/h4-11H,1-3H3/b20-10-. The first-order valence-corrected chi connectivity index (χ1v) is 7.81. The van der Waals surface area contributed by atoms with E-state index in [1.807, 2.05) is 13.8 Å². The van der Waals surface area contributed by atoms with Crippen LogP contribution in [0.15, 0.2) is 47.8 Å². The molecule has 0 aliphatic carbocycles. The van der Waals surface area contributed by atoms with Crippen molar-refractivity contribution in [3.63, 3.8) is 0 Å². The lowest BCUT2D eigenvalue weighted by atomic mass is 10.2. The third-order valence-corrected chi connectivity index (χ3v) is 3.56. The zero-order valence-corrected chi connectivity index (χ0v) is 14.6. The predicted octanol–water partition coefficient (Wildman–Crippen LogP) is 2.40. The van der Waals surface area contributed by atoms with Gasteiger partial charge in [-0.1, -0.05) is 0 Å². The van der Waals surface area contributed by atoms with Crippen LogP contribution in [0.5, 0.6) is 11.5 Å². The summed E-state index contributed by atoms with van der Waals surface area (Å²) in [7, 11) is 1.51. The Morgan fingerprint density at radius 3 is 2.58 bits per heavy atom. The highest BCUT2D eigenvalue weighted by Crippen LogP contribution is 2.28. The van der Waals surface area contributed by atoms with Gasteiger partial charge in [-0.3, -0.25) is 4.98 Å². The summed E-state index contributed by atoms with van der Waals surface area (Å²) in [4.78, 5) is 16.1. The highest BCUT2D eigenvalue weighted by atomic mass is 16.6. The molecular weight excluding hydrogens is 334 g/mol. The van der Waals surface area contributed by atoms with Crippen molar-refractivity contribution >= 4 is 12.2 Å². The summed E-state index contributed by atoms with van der Waals surface area (Å²) in [6.45, 7) is 3.64. The Morgan fingerprint density at radius 2 is 1.92 bits per heavy atom. The lowest BCUT2D eigenvalue weighted by Gasteiger charge is -2.09. The number of methoxy groups -OCH3 is 1. The first kappa shape index (κ1) is 17.3. The summed E-state index contributed by atoms with van der Waals surface area (Å²) in [5.74, 6) is 1.60. The van der Waals surface area contributed by atoms with Gasteiger partial charge in [0.05, 0.1) is 18.9 Å². The van der Waals surface area contributed by atoms with Crippen molar-refractivity contribution in [3.8, 4) is 11.5 Å². The van der Waals surface area contributed by atoms with Gasteiger partial charge in [-0.05, 0) is 49.7 Å². The average molecular weight is 351 g/mol. The number of carbonyl (C=O) groups excluding carboxylic acids is 1. The summed E-state index contributed by atoms with van der Waals surface area (Å²) in [6.07, 6.45) is 4.68. The normalized spacial score (nSPS) is 10.9. The van der Waals surface area contributed by atoms with E-state index in [0.29, 0.717) is 28.7 Å². The Hall–Kier alpha value is -3.55. The molecule has 1 aromatic carbocycles. The molecule has 0 saturated heterocycles. The molecule has 2 aromatic heterocycles. The third kappa shape index (κ3) is 3.75. The molecule has 0 saturated carbocycles. The summed E-state index contributed by atoms with van der Waals surface area (Å²) >= 11 is 0. The quantitative estimate of drug-likeness (QED) is 0.398. The lowest BCUT2D eigenvalue weighted by Crippen LogP contribution is -2.09. The number of rotatable bonds is 5. The molecule has 26 heavy (non-hydrogen) atoms. The maximum Gasteiger partial charge on any atom is 0.345 e. The Labute approximate surface area is 150 Å². The molecule has 0 bridgehead atoms. The molecule has 0 atom stereocenters. The minimum absolute atomic E-state index is 0.315. The van der Waals surface area contributed by atoms with Crippen LogP contribution < -0.4 is 9.47 Å². The van der Waals surface area contributed by atoms with Crippen molar-refractivity contribution in [1.29, 1.82) is 0 Å². The molecule has 0 unspecified atom stereocenters. The fraction of sp³-hybridized carbons (Fsp3) is 0.167. The van der Waals surface area contributed by atoms with E-state index in [2.05, 4.69) is 20.3 Å². The van der Waals surface area contributed by atoms with Crippen LogP contribution in [0.2, 0.25) is 0 Å². The van der Waals surface area contributed by atoms with Crippen LogP contribution in [-0.2, 0) is 0 Å². The molecule has 0 fully saturated rings. The van der Waals surface area contributed by atoms with Gasteiger partial charge in [0.1, 0.15) is 0 Å². The molecule has 8 heteroatoms. The highest BCUT2D eigenvalue weighted by Gasteiger charge is 2.13. The zero-order chi connectivity index (χ0) is 18.5. The van der Waals surface area contributed by atoms with E-state index in [4.69, 9.17) is 9.47 Å². The van der Waals surface area contributed by atoms with Gasteiger partial charge >= 0.3 is 5.97 Å². The molecule has 132 valence electrons. The number of ether oxygens (including phenoxy) is 2. The highest BCUT2D eigenvalue weighted by molar-refractivity contribution is 5.91. The van der Waals surface area contributed by atoms with Crippen LogP contribution in [0.1, 0.15) is 27.6 Å². The van der Waals surface area contributed by atoms with E-state index in [1.165, 1.54) is 13.3 Å². The van der Waals surface area contributed by atoms with E-state index in [1.54, 1.807) is 47.4 Å². The molecule has 8 nitrogen and oxygen atoms in total. The Kier molecular flexibility index (Phi) is 5.02. The molecule has 3 rings (SSSR count). The summed E-state index contributed by atoms with van der Waals surface area (Å²) < 4.78 is 12.3. The van der Waals surface area contributed by atoms with E-state index in [-0.39, 0.29) is 0 Å². The topological polar surface area (TPSA) is 91.5 Å². The van der Waals surface area contributed by atoms with Crippen molar-refractivity contribution in [1.82, 2.24) is 19.9 Å². The first-order chi connectivity index (χ1) is 12.6. The second-order valence-corrected chi connectivity index (χ2v) is 5.39. The number of hydrogen-bond donors (Lipinski definition) is 0. The maximum absolute atomic E-state index is 12.2. The van der Waals surface area contributed by atoms with Crippen LogP contribution in [0, 0.1) is 13.8 Å². The molecule has 0 N–H and O–H groups in total. The van der Waals surface area contributed by atoms with Crippen LogP contribution >= 0.6 is 0 Å². The number of pyridine rings is 1. The Bertz CT molecular complexity index is 931. The molecule has 0 aliphatic heterocycles. The van der Waals surface area contributed by atoms with Gasteiger partial charge in [0.2, 0.25) is 0 Å². The van der Waals surface area contributed by atoms with Crippen molar-refractivity contribution < 1.29 is 14.3 Å². The first-order valence-electron chi connectivity index (χ1n) is 7.81. The molecule has 0 radical (unpaired) electrons.